The summed E-state index contributed by atoms with van der Waals surface area (Å²) in [5.74, 6) is 0.161. The van der Waals surface area contributed by atoms with E-state index in [1.807, 2.05) is 18.7 Å². The van der Waals surface area contributed by atoms with Crippen LogP contribution in [0.1, 0.15) is 66.2 Å². The van der Waals surface area contributed by atoms with Gasteiger partial charge in [-0.25, -0.2) is 0 Å². The molecule has 3 heteroatoms. The van der Waals surface area contributed by atoms with Crippen molar-refractivity contribution in [3.8, 4) is 0 Å². The summed E-state index contributed by atoms with van der Waals surface area (Å²) in [6, 6.07) is 0. The predicted molar refractivity (Wildman–Crippen MR) is 79.2 cm³/mol. The lowest BCUT2D eigenvalue weighted by Gasteiger charge is -2.41. The standard InChI is InChI=1S/C16H31NO2/c1-5-7-8-16(6-2)9-11-17(12-10-16)15(18)13-19-14(3)4/h14H,5-13H2,1-4H3. The normalized spacial score (nSPS) is 18.9. The SMILES string of the molecule is CCCCC1(CC)CCN(C(=O)COC(C)C)CC1. The molecule has 1 amide bonds. The highest BCUT2D eigenvalue weighted by Crippen LogP contribution is 2.39. The molecule has 1 aliphatic rings. The van der Waals surface area contributed by atoms with Gasteiger partial charge in [0.05, 0.1) is 6.10 Å². The molecule has 0 atom stereocenters. The van der Waals surface area contributed by atoms with Crippen molar-refractivity contribution in [2.75, 3.05) is 19.7 Å². The van der Waals surface area contributed by atoms with E-state index >= 15 is 0 Å². The summed E-state index contributed by atoms with van der Waals surface area (Å²) in [6.45, 7) is 10.6. The Morgan fingerprint density at radius 1 is 1.26 bits per heavy atom. The Morgan fingerprint density at radius 2 is 1.89 bits per heavy atom. The predicted octanol–water partition coefficient (Wildman–Crippen LogP) is 3.62. The number of hydrogen-bond acceptors (Lipinski definition) is 2. The lowest BCUT2D eigenvalue weighted by Crippen LogP contribution is -2.44. The number of amides is 1. The van der Waals surface area contributed by atoms with E-state index in [9.17, 15) is 4.79 Å². The van der Waals surface area contributed by atoms with Crippen LogP contribution in [0.4, 0.5) is 0 Å². The van der Waals surface area contributed by atoms with Crippen LogP contribution in [0.5, 0.6) is 0 Å². The van der Waals surface area contributed by atoms with Gasteiger partial charge in [-0.2, -0.15) is 0 Å². The van der Waals surface area contributed by atoms with E-state index in [0.717, 1.165) is 25.9 Å². The Kier molecular flexibility index (Phi) is 6.84. The molecule has 0 saturated carbocycles. The quantitative estimate of drug-likeness (QED) is 0.706. The summed E-state index contributed by atoms with van der Waals surface area (Å²) in [4.78, 5) is 14.0. The zero-order valence-electron chi connectivity index (χ0n) is 13.2. The molecule has 1 rings (SSSR count). The van der Waals surface area contributed by atoms with Crippen LogP contribution in [0.3, 0.4) is 0 Å². The fourth-order valence-electron chi connectivity index (χ4n) is 2.89. The van der Waals surface area contributed by atoms with Crippen molar-refractivity contribution in [1.82, 2.24) is 4.90 Å². The molecule has 1 fully saturated rings. The van der Waals surface area contributed by atoms with Crippen molar-refractivity contribution >= 4 is 5.91 Å². The van der Waals surface area contributed by atoms with Gasteiger partial charge in [0.2, 0.25) is 5.91 Å². The zero-order chi connectivity index (χ0) is 14.3. The Hall–Kier alpha value is -0.570. The molecule has 0 aliphatic carbocycles. The minimum atomic E-state index is 0.132. The maximum absolute atomic E-state index is 12.0. The molecule has 19 heavy (non-hydrogen) atoms. The molecule has 112 valence electrons. The number of likely N-dealkylation sites (tertiary alicyclic amines) is 1. The van der Waals surface area contributed by atoms with Crippen LogP contribution in [-0.2, 0) is 9.53 Å². The van der Waals surface area contributed by atoms with Crippen molar-refractivity contribution in [3.63, 3.8) is 0 Å². The molecular weight excluding hydrogens is 238 g/mol. The van der Waals surface area contributed by atoms with Gasteiger partial charge >= 0.3 is 0 Å². The van der Waals surface area contributed by atoms with Crippen molar-refractivity contribution in [2.45, 2.75) is 72.3 Å². The van der Waals surface area contributed by atoms with Gasteiger partial charge in [0.1, 0.15) is 6.61 Å². The third kappa shape index (κ3) is 5.13. The average Bonchev–Trinajstić information content (AvgIpc) is 2.43. The topological polar surface area (TPSA) is 29.5 Å². The van der Waals surface area contributed by atoms with Crippen LogP contribution >= 0.6 is 0 Å². The lowest BCUT2D eigenvalue weighted by atomic mass is 9.72. The first-order chi connectivity index (χ1) is 9.03. The fourth-order valence-corrected chi connectivity index (χ4v) is 2.89. The van der Waals surface area contributed by atoms with E-state index < -0.39 is 0 Å². The number of hydrogen-bond donors (Lipinski definition) is 0. The molecular formula is C16H31NO2. The van der Waals surface area contributed by atoms with Crippen LogP contribution < -0.4 is 0 Å². The fraction of sp³-hybridized carbons (Fsp3) is 0.938. The van der Waals surface area contributed by atoms with Crippen LogP contribution in [0.15, 0.2) is 0 Å². The highest BCUT2D eigenvalue weighted by atomic mass is 16.5. The number of carbonyl (C=O) groups excluding carboxylic acids is 1. The number of unbranched alkanes of at least 4 members (excludes halogenated alkanes) is 1. The van der Waals surface area contributed by atoms with Crippen LogP contribution in [0, 0.1) is 5.41 Å². The molecule has 0 aromatic heterocycles. The molecule has 0 radical (unpaired) electrons. The van der Waals surface area contributed by atoms with Gasteiger partial charge in [-0.05, 0) is 38.5 Å². The summed E-state index contributed by atoms with van der Waals surface area (Å²) in [6.07, 6.45) is 7.62. The smallest absolute Gasteiger partial charge is 0.248 e. The first-order valence-corrected chi connectivity index (χ1v) is 7.92. The summed E-state index contributed by atoms with van der Waals surface area (Å²) in [7, 11) is 0. The second kappa shape index (κ2) is 7.88. The molecule has 0 N–H and O–H groups in total. The van der Waals surface area contributed by atoms with Gasteiger partial charge in [-0.15, -0.1) is 0 Å². The minimum absolute atomic E-state index is 0.132. The molecule has 3 nitrogen and oxygen atoms in total. The largest absolute Gasteiger partial charge is 0.369 e. The molecule has 0 aromatic carbocycles. The average molecular weight is 269 g/mol. The van der Waals surface area contributed by atoms with Crippen molar-refractivity contribution in [2.24, 2.45) is 5.41 Å². The summed E-state index contributed by atoms with van der Waals surface area (Å²) < 4.78 is 5.41. The third-order valence-electron chi connectivity index (χ3n) is 4.53. The van der Waals surface area contributed by atoms with Crippen molar-refractivity contribution < 1.29 is 9.53 Å². The number of carbonyl (C=O) groups is 1. The maximum Gasteiger partial charge on any atom is 0.248 e. The minimum Gasteiger partial charge on any atom is -0.369 e. The summed E-state index contributed by atoms with van der Waals surface area (Å²) >= 11 is 0. The van der Waals surface area contributed by atoms with E-state index in [1.165, 1.54) is 25.7 Å². The Bertz CT molecular complexity index is 268. The first-order valence-electron chi connectivity index (χ1n) is 7.92. The Morgan fingerprint density at radius 3 is 2.37 bits per heavy atom. The molecule has 0 unspecified atom stereocenters. The van der Waals surface area contributed by atoms with Crippen LogP contribution in [0.2, 0.25) is 0 Å². The van der Waals surface area contributed by atoms with Gasteiger partial charge in [0.25, 0.3) is 0 Å². The second-order valence-electron chi connectivity index (χ2n) is 6.20. The number of rotatable bonds is 7. The Balaban J connectivity index is 2.40. The van der Waals surface area contributed by atoms with Crippen molar-refractivity contribution in [3.05, 3.63) is 0 Å². The second-order valence-corrected chi connectivity index (χ2v) is 6.20. The molecule has 1 heterocycles. The highest BCUT2D eigenvalue weighted by Gasteiger charge is 2.33. The molecule has 0 aromatic rings. The van der Waals surface area contributed by atoms with Gasteiger partial charge in [-0.3, -0.25) is 4.79 Å². The molecule has 0 spiro atoms. The molecule has 1 saturated heterocycles. The van der Waals surface area contributed by atoms with Crippen molar-refractivity contribution in [1.29, 1.82) is 0 Å². The monoisotopic (exact) mass is 269 g/mol. The Labute approximate surface area is 118 Å². The number of nitrogens with zero attached hydrogens (tertiary/aromatic N) is 1. The first kappa shape index (κ1) is 16.5. The third-order valence-corrected chi connectivity index (χ3v) is 4.53. The molecule has 1 aliphatic heterocycles. The van der Waals surface area contributed by atoms with Crippen LogP contribution in [0.25, 0.3) is 0 Å². The van der Waals surface area contributed by atoms with E-state index in [1.54, 1.807) is 0 Å². The van der Waals surface area contributed by atoms with E-state index in [2.05, 4.69) is 13.8 Å². The van der Waals surface area contributed by atoms with Gasteiger partial charge in [0.15, 0.2) is 0 Å². The lowest BCUT2D eigenvalue weighted by molar-refractivity contribution is -0.140. The summed E-state index contributed by atoms with van der Waals surface area (Å²) in [5.41, 5.74) is 0.492. The van der Waals surface area contributed by atoms with E-state index in [-0.39, 0.29) is 18.6 Å². The highest BCUT2D eigenvalue weighted by molar-refractivity contribution is 5.77. The van der Waals surface area contributed by atoms with Gasteiger partial charge in [0, 0.05) is 13.1 Å². The summed E-state index contributed by atoms with van der Waals surface area (Å²) in [5, 5.41) is 0. The molecule has 0 bridgehead atoms. The van der Waals surface area contributed by atoms with Gasteiger partial charge < -0.3 is 9.64 Å². The van der Waals surface area contributed by atoms with Gasteiger partial charge in [-0.1, -0.05) is 33.1 Å². The number of piperidine rings is 1. The maximum atomic E-state index is 12.0. The zero-order valence-corrected chi connectivity index (χ0v) is 13.2. The van der Waals surface area contributed by atoms with E-state index in [4.69, 9.17) is 4.74 Å². The van der Waals surface area contributed by atoms with Crippen LogP contribution in [-0.4, -0.2) is 36.6 Å². The number of ether oxygens (including phenoxy) is 1. The van der Waals surface area contributed by atoms with E-state index in [0.29, 0.717) is 5.41 Å².